The number of aryl methyl sites for hydroxylation is 1. The minimum atomic E-state index is -1.90. The van der Waals surface area contributed by atoms with Gasteiger partial charge in [0.05, 0.1) is 46.6 Å². The Labute approximate surface area is 227 Å². The van der Waals surface area contributed by atoms with E-state index in [9.17, 15) is 24.6 Å². The first-order chi connectivity index (χ1) is 19.3. The molecule has 0 aliphatic carbocycles. The van der Waals surface area contributed by atoms with Crippen molar-refractivity contribution in [2.24, 2.45) is 0 Å². The van der Waals surface area contributed by atoms with Crippen LogP contribution in [0.5, 0.6) is 5.75 Å². The van der Waals surface area contributed by atoms with Crippen molar-refractivity contribution in [3.05, 3.63) is 91.1 Å². The van der Waals surface area contributed by atoms with Gasteiger partial charge in [0.15, 0.2) is 5.60 Å². The molecule has 0 radical (unpaired) electrons. The van der Waals surface area contributed by atoms with Crippen LogP contribution in [-0.4, -0.2) is 35.3 Å². The minimum absolute atomic E-state index is 0.0490. The highest BCUT2D eigenvalue weighted by molar-refractivity contribution is 5.93. The SMILES string of the molecule is CCc1c2c(nc3ccc(O)c(Cn4c(=O)[nH]c5ccccc54)c13)-c1cc3c(c(=O)n1C2)COC(=O)[C@]3(O)CC. The number of benzene rings is 2. The van der Waals surface area contributed by atoms with E-state index in [0.29, 0.717) is 34.4 Å². The van der Waals surface area contributed by atoms with Crippen molar-refractivity contribution in [1.82, 2.24) is 19.1 Å². The summed E-state index contributed by atoms with van der Waals surface area (Å²) in [5.41, 5.74) is 3.50. The van der Waals surface area contributed by atoms with Crippen LogP contribution in [0.3, 0.4) is 0 Å². The summed E-state index contributed by atoms with van der Waals surface area (Å²) in [6.07, 6.45) is 0.652. The maximum Gasteiger partial charge on any atom is 0.343 e. The molecule has 0 fully saturated rings. The van der Waals surface area contributed by atoms with Gasteiger partial charge in [-0.05, 0) is 48.7 Å². The summed E-state index contributed by atoms with van der Waals surface area (Å²) in [7, 11) is 0. The maximum absolute atomic E-state index is 13.6. The number of cyclic esters (lactones) is 1. The molecule has 0 unspecified atom stereocenters. The van der Waals surface area contributed by atoms with Crippen LogP contribution >= 0.6 is 0 Å². The van der Waals surface area contributed by atoms with Crippen molar-refractivity contribution in [2.45, 2.75) is 52.0 Å². The molecule has 10 heteroatoms. The van der Waals surface area contributed by atoms with E-state index >= 15 is 0 Å². The Balaban J connectivity index is 1.47. The summed E-state index contributed by atoms with van der Waals surface area (Å²) in [6, 6.07) is 12.4. The number of para-hydroxylation sites is 2. The fourth-order valence-electron chi connectivity index (χ4n) is 6.30. The van der Waals surface area contributed by atoms with Crippen LogP contribution in [0.4, 0.5) is 0 Å². The lowest BCUT2D eigenvalue weighted by Gasteiger charge is -2.31. The number of phenolic OH excluding ortho intramolecular Hbond substituents is 1. The maximum atomic E-state index is 13.6. The second kappa shape index (κ2) is 8.40. The number of pyridine rings is 2. The predicted octanol–water partition coefficient (Wildman–Crippen LogP) is 3.04. The van der Waals surface area contributed by atoms with Crippen molar-refractivity contribution in [3.63, 3.8) is 0 Å². The van der Waals surface area contributed by atoms with Gasteiger partial charge in [-0.25, -0.2) is 14.6 Å². The number of carbonyl (C=O) groups excluding carboxylic acids is 1. The van der Waals surface area contributed by atoms with E-state index in [1.165, 1.54) is 0 Å². The standard InChI is InChI=1S/C30H26N4O6/c1-3-15-16-12-33-23(11-19-18(27(33)36)14-40-28(37)30(19,39)4-2)26(16)31-21-9-10-24(35)17(25(15)21)13-34-22-8-6-5-7-20(22)32-29(34)38/h5-11,35,39H,3-4,12-14H2,1-2H3,(H,32,38)/t30-/m0/s1. The molecule has 0 bridgehead atoms. The number of carbonyl (C=O) groups is 1. The van der Waals surface area contributed by atoms with Crippen molar-refractivity contribution < 1.29 is 19.7 Å². The number of ether oxygens (including phenoxy) is 1. The Kier molecular flexibility index (Phi) is 5.11. The Morgan fingerprint density at radius 1 is 1.07 bits per heavy atom. The summed E-state index contributed by atoms with van der Waals surface area (Å²) in [4.78, 5) is 46.8. The zero-order chi connectivity index (χ0) is 27.9. The highest BCUT2D eigenvalue weighted by Gasteiger charge is 2.45. The molecule has 1 atom stereocenters. The second-order valence-electron chi connectivity index (χ2n) is 10.4. The van der Waals surface area contributed by atoms with Crippen molar-refractivity contribution in [1.29, 1.82) is 0 Å². The monoisotopic (exact) mass is 538 g/mol. The summed E-state index contributed by atoms with van der Waals surface area (Å²) in [5, 5.41) is 22.9. The smallest absolute Gasteiger partial charge is 0.343 e. The largest absolute Gasteiger partial charge is 0.508 e. The number of aromatic amines is 1. The van der Waals surface area contributed by atoms with E-state index in [1.807, 2.05) is 31.2 Å². The number of hydrogen-bond acceptors (Lipinski definition) is 7. The number of hydrogen-bond donors (Lipinski definition) is 3. The molecule has 2 aromatic carbocycles. The van der Waals surface area contributed by atoms with Crippen LogP contribution in [0, 0.1) is 0 Å². The second-order valence-corrected chi connectivity index (χ2v) is 10.4. The van der Waals surface area contributed by atoms with Crippen LogP contribution in [0.25, 0.3) is 33.3 Å². The predicted molar refractivity (Wildman–Crippen MR) is 147 cm³/mol. The van der Waals surface area contributed by atoms with Crippen LogP contribution in [0.2, 0.25) is 0 Å². The molecule has 5 aromatic rings. The zero-order valence-corrected chi connectivity index (χ0v) is 21.9. The number of phenols is 1. The van der Waals surface area contributed by atoms with Crippen molar-refractivity contribution >= 4 is 27.9 Å². The van der Waals surface area contributed by atoms with Crippen LogP contribution in [0.15, 0.2) is 52.1 Å². The number of rotatable bonds is 4. The van der Waals surface area contributed by atoms with E-state index in [2.05, 4.69) is 4.98 Å². The highest BCUT2D eigenvalue weighted by Crippen LogP contribution is 2.42. The Bertz CT molecular complexity index is 2030. The number of aromatic hydroxyl groups is 1. The summed E-state index contributed by atoms with van der Waals surface area (Å²) < 4.78 is 8.37. The normalized spacial score (nSPS) is 17.6. The molecule has 0 saturated carbocycles. The molecule has 0 spiro atoms. The molecule has 5 heterocycles. The van der Waals surface area contributed by atoms with E-state index in [-0.39, 0.29) is 54.2 Å². The molecule has 0 saturated heterocycles. The third-order valence-electron chi connectivity index (χ3n) is 8.40. The molecular formula is C30H26N4O6. The van der Waals surface area contributed by atoms with Gasteiger partial charge in [0, 0.05) is 22.1 Å². The van der Waals surface area contributed by atoms with Gasteiger partial charge in [0.25, 0.3) is 5.56 Å². The number of nitrogens with one attached hydrogen (secondary N) is 1. The van der Waals surface area contributed by atoms with Gasteiger partial charge in [0.2, 0.25) is 0 Å². The Morgan fingerprint density at radius 3 is 2.65 bits per heavy atom. The molecular weight excluding hydrogens is 512 g/mol. The van der Waals surface area contributed by atoms with Gasteiger partial charge in [-0.15, -0.1) is 0 Å². The molecule has 2 aliphatic heterocycles. The van der Waals surface area contributed by atoms with E-state index in [4.69, 9.17) is 9.72 Å². The first-order valence-corrected chi connectivity index (χ1v) is 13.3. The average Bonchev–Trinajstić information content (AvgIpc) is 3.48. The molecule has 2 aliphatic rings. The van der Waals surface area contributed by atoms with Crippen molar-refractivity contribution in [2.75, 3.05) is 0 Å². The highest BCUT2D eigenvalue weighted by atomic mass is 16.6. The van der Waals surface area contributed by atoms with Gasteiger partial charge in [-0.2, -0.15) is 0 Å². The lowest BCUT2D eigenvalue weighted by molar-refractivity contribution is -0.172. The summed E-state index contributed by atoms with van der Waals surface area (Å²) in [6.45, 7) is 3.86. The molecule has 7 rings (SSSR count). The number of aliphatic hydroxyl groups is 1. The number of aromatic nitrogens is 4. The molecule has 10 nitrogen and oxygen atoms in total. The molecule has 3 N–H and O–H groups in total. The summed E-state index contributed by atoms with van der Waals surface area (Å²) >= 11 is 0. The van der Waals surface area contributed by atoms with E-state index in [1.54, 1.807) is 34.3 Å². The topological polar surface area (TPSA) is 139 Å². The Morgan fingerprint density at radius 2 is 1.88 bits per heavy atom. The van der Waals surface area contributed by atoms with Crippen LogP contribution in [-0.2, 0) is 41.2 Å². The molecule has 3 aromatic heterocycles. The summed E-state index contributed by atoms with van der Waals surface area (Å²) in [5.74, 6) is -0.716. The first kappa shape index (κ1) is 24.3. The van der Waals surface area contributed by atoms with Crippen LogP contribution < -0.4 is 11.2 Å². The molecule has 202 valence electrons. The quantitative estimate of drug-likeness (QED) is 0.293. The lowest BCUT2D eigenvalue weighted by Crippen LogP contribution is -2.44. The fraction of sp³-hybridized carbons (Fsp3) is 0.267. The average molecular weight is 539 g/mol. The fourth-order valence-corrected chi connectivity index (χ4v) is 6.30. The van der Waals surface area contributed by atoms with Gasteiger partial charge >= 0.3 is 11.7 Å². The first-order valence-electron chi connectivity index (χ1n) is 13.3. The van der Waals surface area contributed by atoms with Gasteiger partial charge in [-0.1, -0.05) is 26.0 Å². The molecule has 0 amide bonds. The molecule has 40 heavy (non-hydrogen) atoms. The number of esters is 1. The minimum Gasteiger partial charge on any atom is -0.508 e. The van der Waals surface area contributed by atoms with Crippen LogP contribution in [0.1, 0.15) is 48.1 Å². The lowest BCUT2D eigenvalue weighted by atomic mass is 9.86. The van der Waals surface area contributed by atoms with Crippen molar-refractivity contribution in [3.8, 4) is 17.1 Å². The number of H-pyrrole nitrogens is 1. The number of nitrogens with zero attached hydrogens (tertiary/aromatic N) is 3. The van der Waals surface area contributed by atoms with Gasteiger partial charge in [0.1, 0.15) is 12.4 Å². The zero-order valence-electron chi connectivity index (χ0n) is 21.9. The number of imidazole rings is 1. The Hall–Kier alpha value is -4.70. The third kappa shape index (κ3) is 3.13. The van der Waals surface area contributed by atoms with E-state index < -0.39 is 11.6 Å². The van der Waals surface area contributed by atoms with Gasteiger partial charge in [-0.3, -0.25) is 9.36 Å². The number of fused-ring (bicyclic) bond motifs is 6. The van der Waals surface area contributed by atoms with Gasteiger partial charge < -0.3 is 24.5 Å². The van der Waals surface area contributed by atoms with E-state index in [0.717, 1.165) is 22.0 Å². The third-order valence-corrected chi connectivity index (χ3v) is 8.40.